The lowest BCUT2D eigenvalue weighted by Crippen LogP contribution is -2.48. The van der Waals surface area contributed by atoms with Gasteiger partial charge in [0.05, 0.1) is 12.7 Å². The van der Waals surface area contributed by atoms with Crippen LogP contribution in [0.1, 0.15) is 15.9 Å². The van der Waals surface area contributed by atoms with Crippen molar-refractivity contribution in [1.29, 1.82) is 0 Å². The molecule has 1 atom stereocenters. The van der Waals surface area contributed by atoms with Gasteiger partial charge in [0.15, 0.2) is 0 Å². The highest BCUT2D eigenvalue weighted by Gasteiger charge is 2.19. The van der Waals surface area contributed by atoms with Gasteiger partial charge in [-0.3, -0.25) is 9.80 Å². The van der Waals surface area contributed by atoms with Crippen LogP contribution in [0.4, 0.5) is 0 Å². The molecular weight excluding hydrogens is 444 g/mol. The van der Waals surface area contributed by atoms with Crippen molar-refractivity contribution in [1.82, 2.24) is 9.80 Å². The number of piperazine rings is 1. The summed E-state index contributed by atoms with van der Waals surface area (Å²) in [5.74, 6) is -3.50. The van der Waals surface area contributed by atoms with E-state index < -0.39 is 24.0 Å². The number of hydrogen-bond donors (Lipinski definition) is 3. The monoisotopic (exact) mass is 474 g/mol. The summed E-state index contributed by atoms with van der Waals surface area (Å²) in [7, 11) is 1.35. The minimum atomic E-state index is -1.82. The standard InChI is InChI=1S/C22H28N2O4.C2H2O4/c1-27-22(26)19-8-5-9-21(14-19)28-17-20(25)16-24-12-10-23(11-13-24)15-18-6-3-2-4-7-18;3-1(4)2(5)6/h2-9,14,20,25H,10-13,15-17H2,1H3;(H,3,4)(H,5,6). The van der Waals surface area contributed by atoms with Gasteiger partial charge in [-0.25, -0.2) is 14.4 Å². The van der Waals surface area contributed by atoms with Gasteiger partial charge < -0.3 is 24.8 Å². The third-order valence-electron chi connectivity index (χ3n) is 5.06. The van der Waals surface area contributed by atoms with E-state index in [4.69, 9.17) is 29.3 Å². The fourth-order valence-corrected chi connectivity index (χ4v) is 3.35. The van der Waals surface area contributed by atoms with E-state index in [9.17, 15) is 9.90 Å². The summed E-state index contributed by atoms with van der Waals surface area (Å²) >= 11 is 0. The predicted octanol–water partition coefficient (Wildman–Crippen LogP) is 1.19. The van der Waals surface area contributed by atoms with Crippen molar-refractivity contribution in [3.63, 3.8) is 0 Å². The zero-order valence-electron chi connectivity index (χ0n) is 19.0. The van der Waals surface area contributed by atoms with E-state index in [1.54, 1.807) is 24.3 Å². The molecule has 1 fully saturated rings. The van der Waals surface area contributed by atoms with Gasteiger partial charge in [-0.2, -0.15) is 0 Å². The largest absolute Gasteiger partial charge is 0.491 e. The molecule has 0 aliphatic carbocycles. The summed E-state index contributed by atoms with van der Waals surface area (Å²) in [5.41, 5.74) is 1.77. The second-order valence-corrected chi connectivity index (χ2v) is 7.66. The van der Waals surface area contributed by atoms with Gasteiger partial charge in [0, 0.05) is 39.3 Å². The first kappa shape index (κ1) is 26.8. The minimum Gasteiger partial charge on any atom is -0.491 e. The quantitative estimate of drug-likeness (QED) is 0.378. The molecule has 1 aliphatic rings. The molecule has 2 aromatic rings. The number of carboxylic acids is 2. The molecule has 0 amide bonds. The highest BCUT2D eigenvalue weighted by Crippen LogP contribution is 2.15. The Bertz CT molecular complexity index is 918. The van der Waals surface area contributed by atoms with E-state index in [1.807, 2.05) is 6.07 Å². The zero-order chi connectivity index (χ0) is 24.9. The third-order valence-corrected chi connectivity index (χ3v) is 5.06. The predicted molar refractivity (Wildman–Crippen MR) is 123 cm³/mol. The van der Waals surface area contributed by atoms with Gasteiger partial charge in [0.2, 0.25) is 0 Å². The van der Waals surface area contributed by atoms with Crippen LogP contribution in [0.5, 0.6) is 5.75 Å². The molecule has 3 rings (SSSR count). The number of methoxy groups -OCH3 is 1. The maximum atomic E-state index is 11.6. The van der Waals surface area contributed by atoms with Crippen LogP contribution in [-0.2, 0) is 20.9 Å². The summed E-state index contributed by atoms with van der Waals surface area (Å²) in [6, 6.07) is 17.3. The number of hydrogen-bond acceptors (Lipinski definition) is 8. The van der Waals surface area contributed by atoms with Gasteiger partial charge in [-0.05, 0) is 23.8 Å². The van der Waals surface area contributed by atoms with Gasteiger partial charge >= 0.3 is 17.9 Å². The molecule has 0 saturated carbocycles. The SMILES string of the molecule is COC(=O)c1cccc(OCC(O)CN2CCN(Cc3ccccc3)CC2)c1.O=C(O)C(=O)O. The molecule has 34 heavy (non-hydrogen) atoms. The van der Waals surface area contributed by atoms with Crippen LogP contribution in [0.2, 0.25) is 0 Å². The Labute approximate surface area is 197 Å². The number of aliphatic hydroxyl groups excluding tert-OH is 1. The van der Waals surface area contributed by atoms with E-state index in [1.165, 1.54) is 12.7 Å². The Kier molecular flexibility index (Phi) is 11.0. The molecule has 0 aromatic heterocycles. The fraction of sp³-hybridized carbons (Fsp3) is 0.375. The zero-order valence-corrected chi connectivity index (χ0v) is 19.0. The molecule has 0 bridgehead atoms. The first-order valence-corrected chi connectivity index (χ1v) is 10.7. The number of carbonyl (C=O) groups excluding carboxylic acids is 1. The van der Waals surface area contributed by atoms with Crippen molar-refractivity contribution >= 4 is 17.9 Å². The molecule has 3 N–H and O–H groups in total. The molecule has 1 saturated heterocycles. The molecule has 0 spiro atoms. The van der Waals surface area contributed by atoms with Crippen LogP contribution in [0, 0.1) is 0 Å². The average Bonchev–Trinajstić information content (AvgIpc) is 2.84. The van der Waals surface area contributed by atoms with Gasteiger partial charge in [0.1, 0.15) is 18.5 Å². The fourth-order valence-electron chi connectivity index (χ4n) is 3.35. The number of nitrogens with zero attached hydrogens (tertiary/aromatic N) is 2. The summed E-state index contributed by atoms with van der Waals surface area (Å²) < 4.78 is 10.4. The van der Waals surface area contributed by atoms with Crippen molar-refractivity contribution in [2.75, 3.05) is 46.4 Å². The van der Waals surface area contributed by atoms with E-state index in [0.717, 1.165) is 32.7 Å². The molecule has 184 valence electrons. The van der Waals surface area contributed by atoms with Crippen LogP contribution < -0.4 is 4.74 Å². The number of rotatable bonds is 8. The van der Waals surface area contributed by atoms with Crippen molar-refractivity contribution in [3.05, 3.63) is 65.7 Å². The van der Waals surface area contributed by atoms with Crippen LogP contribution in [0.15, 0.2) is 54.6 Å². The molecule has 2 aromatic carbocycles. The highest BCUT2D eigenvalue weighted by atomic mass is 16.5. The maximum absolute atomic E-state index is 11.6. The van der Waals surface area contributed by atoms with Crippen LogP contribution in [0.25, 0.3) is 0 Å². The normalized spacial score (nSPS) is 14.9. The third kappa shape index (κ3) is 9.57. The van der Waals surface area contributed by atoms with E-state index in [-0.39, 0.29) is 6.61 Å². The number of β-amino-alcohol motifs (C(OH)–C–C–N with tert-alkyl or cyclic N) is 1. The topological polar surface area (TPSA) is 137 Å². The number of aliphatic hydroxyl groups is 1. The second-order valence-electron chi connectivity index (χ2n) is 7.66. The number of ether oxygens (including phenoxy) is 2. The van der Waals surface area contributed by atoms with Gasteiger partial charge in [0.25, 0.3) is 0 Å². The van der Waals surface area contributed by atoms with Crippen molar-refractivity contribution in [2.45, 2.75) is 12.6 Å². The van der Waals surface area contributed by atoms with Crippen LogP contribution >= 0.6 is 0 Å². The number of carboxylic acid groups (broad SMARTS) is 2. The number of benzene rings is 2. The summed E-state index contributed by atoms with van der Waals surface area (Å²) in [6.45, 7) is 5.58. The maximum Gasteiger partial charge on any atom is 0.414 e. The summed E-state index contributed by atoms with van der Waals surface area (Å²) in [6.07, 6.45) is -0.581. The second kappa shape index (κ2) is 13.9. The smallest absolute Gasteiger partial charge is 0.414 e. The van der Waals surface area contributed by atoms with Crippen molar-refractivity contribution < 1.29 is 39.2 Å². The van der Waals surface area contributed by atoms with E-state index >= 15 is 0 Å². The van der Waals surface area contributed by atoms with Crippen LogP contribution in [-0.4, -0.2) is 95.6 Å². The average molecular weight is 475 g/mol. The number of aliphatic carboxylic acids is 2. The van der Waals surface area contributed by atoms with Gasteiger partial charge in [-0.15, -0.1) is 0 Å². The molecule has 1 aliphatic heterocycles. The molecule has 10 nitrogen and oxygen atoms in total. The Hall–Kier alpha value is -3.47. The Morgan fingerprint density at radius 3 is 2.12 bits per heavy atom. The van der Waals surface area contributed by atoms with Crippen molar-refractivity contribution in [3.8, 4) is 5.75 Å². The Balaban J connectivity index is 0.000000604. The minimum absolute atomic E-state index is 0.189. The number of esters is 1. The Morgan fingerprint density at radius 1 is 0.912 bits per heavy atom. The van der Waals surface area contributed by atoms with Crippen LogP contribution in [0.3, 0.4) is 0 Å². The molecule has 1 unspecified atom stereocenters. The first-order valence-electron chi connectivity index (χ1n) is 10.7. The molecule has 0 radical (unpaired) electrons. The van der Waals surface area contributed by atoms with Gasteiger partial charge in [-0.1, -0.05) is 36.4 Å². The molecule has 1 heterocycles. The lowest BCUT2D eigenvalue weighted by atomic mass is 10.2. The lowest BCUT2D eigenvalue weighted by molar-refractivity contribution is -0.159. The number of carbonyl (C=O) groups is 3. The summed E-state index contributed by atoms with van der Waals surface area (Å²) in [4.78, 5) is 34.5. The summed E-state index contributed by atoms with van der Waals surface area (Å²) in [5, 5.41) is 25.1. The Morgan fingerprint density at radius 2 is 1.53 bits per heavy atom. The first-order chi connectivity index (χ1) is 16.3. The lowest BCUT2D eigenvalue weighted by Gasteiger charge is -2.35. The molecular formula is C24H30N2O8. The highest BCUT2D eigenvalue weighted by molar-refractivity contribution is 6.27. The van der Waals surface area contributed by atoms with Crippen molar-refractivity contribution in [2.24, 2.45) is 0 Å². The van der Waals surface area contributed by atoms with E-state index in [0.29, 0.717) is 17.9 Å². The van der Waals surface area contributed by atoms with E-state index in [2.05, 4.69) is 34.1 Å². The molecule has 10 heteroatoms.